The number of carbonyl (C=O) groups is 1. The number of hydrogen-bond acceptors (Lipinski definition) is 2. The summed E-state index contributed by atoms with van der Waals surface area (Å²) in [4.78, 5) is 27.7. The molecule has 1 heterocycles. The molecule has 1 aromatic rings. The van der Waals surface area contributed by atoms with Crippen LogP contribution in [-0.4, -0.2) is 28.9 Å². The van der Waals surface area contributed by atoms with Crippen LogP contribution in [0.3, 0.4) is 0 Å². The van der Waals surface area contributed by atoms with Gasteiger partial charge in [0.05, 0.1) is 0 Å². The van der Waals surface area contributed by atoms with E-state index in [0.717, 1.165) is 12.8 Å². The number of nitrogens with one attached hydrogen (secondary N) is 1. The maximum absolute atomic E-state index is 12.0. The van der Waals surface area contributed by atoms with Crippen LogP contribution in [0, 0.1) is 0 Å². The van der Waals surface area contributed by atoms with Crippen LogP contribution in [0.25, 0.3) is 0 Å². The number of hydrogen-bond donors (Lipinski definition) is 1. The van der Waals surface area contributed by atoms with Crippen molar-refractivity contribution in [1.29, 1.82) is 0 Å². The zero-order valence-corrected chi connectivity index (χ0v) is 9.82. The van der Waals surface area contributed by atoms with Gasteiger partial charge in [-0.3, -0.25) is 9.59 Å². The molecule has 0 radical (unpaired) electrons. The Morgan fingerprint density at radius 3 is 2.75 bits per heavy atom. The van der Waals surface area contributed by atoms with Crippen LogP contribution in [0.4, 0.5) is 0 Å². The normalized spacial score (nSPS) is 10.1. The topological polar surface area (TPSA) is 53.2 Å². The third kappa shape index (κ3) is 2.95. The lowest BCUT2D eigenvalue weighted by Gasteiger charge is -2.19. The van der Waals surface area contributed by atoms with Crippen molar-refractivity contribution < 1.29 is 4.79 Å². The van der Waals surface area contributed by atoms with E-state index in [2.05, 4.69) is 11.9 Å². The number of rotatable bonds is 5. The van der Waals surface area contributed by atoms with Crippen LogP contribution >= 0.6 is 0 Å². The van der Waals surface area contributed by atoms with Crippen LogP contribution in [0.15, 0.2) is 23.1 Å². The van der Waals surface area contributed by atoms with E-state index in [4.69, 9.17) is 0 Å². The van der Waals surface area contributed by atoms with E-state index in [0.29, 0.717) is 13.1 Å². The summed E-state index contributed by atoms with van der Waals surface area (Å²) in [6, 6.07) is 3.23. The van der Waals surface area contributed by atoms with Crippen LogP contribution < -0.4 is 5.56 Å². The molecular weight excluding hydrogens is 204 g/mol. The lowest BCUT2D eigenvalue weighted by atomic mass is 10.2. The Hall–Kier alpha value is -1.58. The first-order valence-electron chi connectivity index (χ1n) is 5.67. The summed E-state index contributed by atoms with van der Waals surface area (Å²) in [5.41, 5.74) is -0.0945. The van der Waals surface area contributed by atoms with Gasteiger partial charge in [0.15, 0.2) is 0 Å². The SMILES string of the molecule is CCCCN(CC)C(=O)c1ccc[nH]c1=O. The largest absolute Gasteiger partial charge is 0.339 e. The highest BCUT2D eigenvalue weighted by atomic mass is 16.2. The van der Waals surface area contributed by atoms with Crippen molar-refractivity contribution in [2.24, 2.45) is 0 Å². The van der Waals surface area contributed by atoms with E-state index in [1.165, 1.54) is 6.20 Å². The number of amides is 1. The molecule has 0 spiro atoms. The Bertz CT molecular complexity index is 398. The predicted octanol–water partition coefficient (Wildman–Crippen LogP) is 1.64. The van der Waals surface area contributed by atoms with E-state index < -0.39 is 0 Å². The summed E-state index contributed by atoms with van der Waals surface area (Å²) in [5.74, 6) is -0.183. The van der Waals surface area contributed by atoms with Gasteiger partial charge in [-0.25, -0.2) is 0 Å². The fourth-order valence-electron chi connectivity index (χ4n) is 1.51. The summed E-state index contributed by atoms with van der Waals surface area (Å²) in [5, 5.41) is 0. The number of pyridine rings is 1. The first-order chi connectivity index (χ1) is 7.70. The number of H-pyrrole nitrogens is 1. The van der Waals surface area contributed by atoms with E-state index in [-0.39, 0.29) is 17.0 Å². The molecule has 0 unspecified atom stereocenters. The van der Waals surface area contributed by atoms with Crippen LogP contribution in [-0.2, 0) is 0 Å². The molecule has 0 saturated heterocycles. The van der Waals surface area contributed by atoms with Gasteiger partial charge in [0.25, 0.3) is 11.5 Å². The van der Waals surface area contributed by atoms with Crippen LogP contribution in [0.1, 0.15) is 37.0 Å². The molecule has 1 rings (SSSR count). The van der Waals surface area contributed by atoms with E-state index in [9.17, 15) is 9.59 Å². The lowest BCUT2D eigenvalue weighted by Crippen LogP contribution is -2.35. The quantitative estimate of drug-likeness (QED) is 0.823. The molecule has 0 aliphatic heterocycles. The summed E-state index contributed by atoms with van der Waals surface area (Å²) in [6.45, 7) is 5.34. The Morgan fingerprint density at radius 2 is 2.19 bits per heavy atom. The summed E-state index contributed by atoms with van der Waals surface area (Å²) < 4.78 is 0. The van der Waals surface area contributed by atoms with Gasteiger partial charge < -0.3 is 9.88 Å². The fraction of sp³-hybridized carbons (Fsp3) is 0.500. The Balaban J connectivity index is 2.83. The van der Waals surface area contributed by atoms with E-state index in [1.807, 2.05) is 6.92 Å². The molecule has 0 bridgehead atoms. The Labute approximate surface area is 95.3 Å². The van der Waals surface area contributed by atoms with Crippen molar-refractivity contribution in [2.75, 3.05) is 13.1 Å². The van der Waals surface area contributed by atoms with Gasteiger partial charge in [0.1, 0.15) is 5.56 Å². The van der Waals surface area contributed by atoms with E-state index >= 15 is 0 Å². The molecule has 1 N–H and O–H groups in total. The van der Waals surface area contributed by atoms with Crippen molar-refractivity contribution in [3.8, 4) is 0 Å². The molecule has 1 aromatic heterocycles. The first-order valence-corrected chi connectivity index (χ1v) is 5.67. The van der Waals surface area contributed by atoms with Crippen molar-refractivity contribution in [1.82, 2.24) is 9.88 Å². The number of carbonyl (C=O) groups excluding carboxylic acids is 1. The zero-order valence-electron chi connectivity index (χ0n) is 9.82. The predicted molar refractivity (Wildman–Crippen MR) is 63.5 cm³/mol. The van der Waals surface area contributed by atoms with Gasteiger partial charge in [-0.05, 0) is 25.5 Å². The number of unbranched alkanes of at least 4 members (excludes halogenated alkanes) is 1. The molecule has 0 atom stereocenters. The van der Waals surface area contributed by atoms with Gasteiger partial charge in [0, 0.05) is 19.3 Å². The molecular formula is C12H18N2O2. The monoisotopic (exact) mass is 222 g/mol. The van der Waals surface area contributed by atoms with Crippen LogP contribution in [0.5, 0.6) is 0 Å². The molecule has 0 aliphatic rings. The van der Waals surface area contributed by atoms with Gasteiger partial charge in [-0.15, -0.1) is 0 Å². The van der Waals surface area contributed by atoms with Gasteiger partial charge in [-0.2, -0.15) is 0 Å². The molecule has 0 aliphatic carbocycles. The minimum atomic E-state index is -0.317. The second kappa shape index (κ2) is 6.10. The van der Waals surface area contributed by atoms with Crippen molar-refractivity contribution in [3.05, 3.63) is 34.2 Å². The Kier molecular flexibility index (Phi) is 4.76. The fourth-order valence-corrected chi connectivity index (χ4v) is 1.51. The highest BCUT2D eigenvalue weighted by molar-refractivity contribution is 5.93. The summed E-state index contributed by atoms with van der Waals surface area (Å²) in [6.07, 6.45) is 3.53. The van der Waals surface area contributed by atoms with E-state index in [1.54, 1.807) is 17.0 Å². The molecule has 1 amide bonds. The van der Waals surface area contributed by atoms with Gasteiger partial charge in [0.2, 0.25) is 0 Å². The molecule has 4 nitrogen and oxygen atoms in total. The molecule has 88 valence electrons. The van der Waals surface area contributed by atoms with Crippen LogP contribution in [0.2, 0.25) is 0 Å². The van der Waals surface area contributed by atoms with Crippen molar-refractivity contribution in [3.63, 3.8) is 0 Å². The molecule has 4 heteroatoms. The first kappa shape index (κ1) is 12.5. The molecule has 0 saturated carbocycles. The summed E-state index contributed by atoms with van der Waals surface area (Å²) in [7, 11) is 0. The average Bonchev–Trinajstić information content (AvgIpc) is 2.30. The number of aromatic nitrogens is 1. The molecule has 0 fully saturated rings. The standard InChI is InChI=1S/C12H18N2O2/c1-3-5-9-14(4-2)12(16)10-7-6-8-13-11(10)15/h6-8H,3-5,9H2,1-2H3,(H,13,15). The minimum Gasteiger partial charge on any atom is -0.339 e. The minimum absolute atomic E-state index is 0.183. The zero-order chi connectivity index (χ0) is 12.0. The Morgan fingerprint density at radius 1 is 1.44 bits per heavy atom. The summed E-state index contributed by atoms with van der Waals surface area (Å²) >= 11 is 0. The third-order valence-corrected chi connectivity index (χ3v) is 2.50. The molecule has 0 aromatic carbocycles. The second-order valence-corrected chi connectivity index (χ2v) is 3.65. The van der Waals surface area contributed by atoms with Crippen molar-refractivity contribution in [2.45, 2.75) is 26.7 Å². The third-order valence-electron chi connectivity index (χ3n) is 2.50. The molecule has 16 heavy (non-hydrogen) atoms. The number of aromatic amines is 1. The average molecular weight is 222 g/mol. The second-order valence-electron chi connectivity index (χ2n) is 3.65. The lowest BCUT2D eigenvalue weighted by molar-refractivity contribution is 0.0760. The highest BCUT2D eigenvalue weighted by Gasteiger charge is 2.15. The maximum Gasteiger partial charge on any atom is 0.260 e. The van der Waals surface area contributed by atoms with Gasteiger partial charge >= 0.3 is 0 Å². The highest BCUT2D eigenvalue weighted by Crippen LogP contribution is 2.01. The van der Waals surface area contributed by atoms with Crippen molar-refractivity contribution >= 4 is 5.91 Å². The van der Waals surface area contributed by atoms with Gasteiger partial charge in [-0.1, -0.05) is 13.3 Å². The number of nitrogens with zero attached hydrogens (tertiary/aromatic N) is 1. The smallest absolute Gasteiger partial charge is 0.260 e. The maximum atomic E-state index is 12.0.